The highest BCUT2D eigenvalue weighted by Gasteiger charge is 2.62. The van der Waals surface area contributed by atoms with Gasteiger partial charge >= 0.3 is 0 Å². The summed E-state index contributed by atoms with van der Waals surface area (Å²) in [6.45, 7) is 0. The maximum Gasteiger partial charge on any atom is 0.271 e. The molecule has 3 aliphatic rings. The third-order valence-electron chi connectivity index (χ3n) is 7.44. The highest BCUT2D eigenvalue weighted by molar-refractivity contribution is 6.24. The number of nitro groups is 1. The molecule has 0 N–H and O–H groups in total. The van der Waals surface area contributed by atoms with Gasteiger partial charge in [0.15, 0.2) is 0 Å². The van der Waals surface area contributed by atoms with Crippen molar-refractivity contribution in [2.75, 3.05) is 12.0 Å². The molecule has 3 aromatic carbocycles. The quantitative estimate of drug-likeness (QED) is 0.222. The van der Waals surface area contributed by atoms with Crippen molar-refractivity contribution in [1.29, 1.82) is 0 Å². The van der Waals surface area contributed by atoms with Gasteiger partial charge in [-0.15, -0.1) is 0 Å². The zero-order valence-corrected chi connectivity index (χ0v) is 19.4. The Balaban J connectivity index is 1.48. The fourth-order valence-electron chi connectivity index (χ4n) is 6.01. The van der Waals surface area contributed by atoms with E-state index in [1.807, 2.05) is 72.8 Å². The Labute approximate surface area is 207 Å². The Morgan fingerprint density at radius 3 is 1.83 bits per heavy atom. The maximum atomic E-state index is 13.8. The number of ether oxygens (including phenoxy) is 1. The molecule has 4 atom stereocenters. The monoisotopic (exact) mass is 478 g/mol. The van der Waals surface area contributed by atoms with Crippen LogP contribution in [0.2, 0.25) is 0 Å². The van der Waals surface area contributed by atoms with Crippen LogP contribution < -0.4 is 9.64 Å². The van der Waals surface area contributed by atoms with Gasteiger partial charge in [0, 0.05) is 24.0 Å². The van der Waals surface area contributed by atoms with Crippen LogP contribution in [0.4, 0.5) is 11.4 Å². The minimum atomic E-state index is -0.561. The molecule has 6 rings (SSSR count). The van der Waals surface area contributed by atoms with Crippen molar-refractivity contribution in [3.8, 4) is 5.75 Å². The van der Waals surface area contributed by atoms with Crippen molar-refractivity contribution in [2.45, 2.75) is 0 Å². The minimum absolute atomic E-state index is 0.118. The molecule has 1 aliphatic heterocycles. The Bertz CT molecular complexity index is 1390. The van der Waals surface area contributed by atoms with Crippen LogP contribution in [0.3, 0.4) is 0 Å². The van der Waals surface area contributed by atoms with Crippen molar-refractivity contribution in [3.05, 3.63) is 118 Å². The van der Waals surface area contributed by atoms with Crippen molar-refractivity contribution in [3.63, 3.8) is 0 Å². The lowest BCUT2D eigenvalue weighted by molar-refractivity contribution is -0.384. The van der Waals surface area contributed by atoms with Gasteiger partial charge in [-0.25, -0.2) is 4.90 Å². The molecule has 7 nitrogen and oxygen atoms in total. The summed E-state index contributed by atoms with van der Waals surface area (Å²) in [7, 11) is 1.41. The lowest BCUT2D eigenvalue weighted by atomic mass is 9.85. The van der Waals surface area contributed by atoms with Crippen LogP contribution in [0.1, 0.15) is 11.1 Å². The van der Waals surface area contributed by atoms with Crippen LogP contribution in [0.15, 0.2) is 96.6 Å². The number of carbonyl (C=O) groups is 2. The summed E-state index contributed by atoms with van der Waals surface area (Å²) in [5.74, 6) is -2.05. The number of non-ortho nitro benzene ring substituents is 1. The summed E-state index contributed by atoms with van der Waals surface area (Å²) < 4.78 is 5.36. The second-order valence-corrected chi connectivity index (χ2v) is 9.18. The predicted octanol–water partition coefficient (Wildman–Crippen LogP) is 5.03. The van der Waals surface area contributed by atoms with Crippen LogP contribution >= 0.6 is 0 Å². The molecule has 1 saturated heterocycles. The number of methoxy groups -OCH3 is 1. The molecule has 36 heavy (non-hydrogen) atoms. The second-order valence-electron chi connectivity index (χ2n) is 9.18. The normalized spacial score (nSPS) is 23.8. The third-order valence-corrected chi connectivity index (χ3v) is 7.44. The number of allylic oxidation sites excluding steroid dienone is 3. The van der Waals surface area contributed by atoms with E-state index < -0.39 is 16.8 Å². The van der Waals surface area contributed by atoms with Crippen LogP contribution in [0.5, 0.6) is 5.75 Å². The first-order chi connectivity index (χ1) is 17.5. The molecule has 2 bridgehead atoms. The summed E-state index contributed by atoms with van der Waals surface area (Å²) in [4.78, 5) is 39.5. The van der Waals surface area contributed by atoms with Crippen molar-refractivity contribution in [1.82, 2.24) is 0 Å². The molecular formula is C29H22N2O5. The molecule has 7 heteroatoms. The molecule has 0 unspecified atom stereocenters. The number of rotatable bonds is 5. The van der Waals surface area contributed by atoms with Crippen molar-refractivity contribution >= 4 is 28.8 Å². The standard InChI is InChI=1S/C29H22N2O5/c1-36-23-15-12-19(31(34)35)16-22(23)30-28(32)26-20-13-14-21(27(26)29(30)33)25(20)24(17-8-4-2-5-9-17)18-10-6-3-7-11-18/h2-16,20-21,26-27H,1H3/t20-,21-,26-,27+/m0/s1. The van der Waals surface area contributed by atoms with Gasteiger partial charge in [-0.3, -0.25) is 19.7 Å². The first kappa shape index (κ1) is 22.0. The zero-order chi connectivity index (χ0) is 25.0. The minimum Gasteiger partial charge on any atom is -0.495 e. The molecule has 2 fully saturated rings. The molecule has 0 radical (unpaired) electrons. The van der Waals surface area contributed by atoms with Gasteiger partial charge in [-0.1, -0.05) is 72.8 Å². The van der Waals surface area contributed by atoms with Crippen LogP contribution in [0.25, 0.3) is 5.57 Å². The number of fused-ring (bicyclic) bond motifs is 5. The van der Waals surface area contributed by atoms with E-state index in [1.165, 1.54) is 25.3 Å². The van der Waals surface area contributed by atoms with E-state index in [0.717, 1.165) is 27.2 Å². The fourth-order valence-corrected chi connectivity index (χ4v) is 6.01. The van der Waals surface area contributed by atoms with Crippen LogP contribution in [0, 0.1) is 33.8 Å². The summed E-state index contributed by atoms with van der Waals surface area (Å²) >= 11 is 0. The maximum absolute atomic E-state index is 13.8. The van der Waals surface area contributed by atoms with Gasteiger partial charge in [0.05, 0.1) is 23.9 Å². The summed E-state index contributed by atoms with van der Waals surface area (Å²) in [5, 5.41) is 11.4. The molecule has 2 aliphatic carbocycles. The number of benzene rings is 3. The number of hydrogen-bond acceptors (Lipinski definition) is 5. The van der Waals surface area contributed by atoms with E-state index in [2.05, 4.69) is 0 Å². The SMILES string of the molecule is COc1ccc([N+](=O)[O-])cc1N1C(=O)[C@@H]2[C@H](C1=O)[C@H]1C=C[C@H]2C1=C(c1ccccc1)c1ccccc1. The van der Waals surface area contributed by atoms with Gasteiger partial charge < -0.3 is 4.74 Å². The molecule has 1 heterocycles. The highest BCUT2D eigenvalue weighted by Crippen LogP contribution is 2.59. The summed E-state index contributed by atoms with van der Waals surface area (Å²) in [6.07, 6.45) is 4.07. The van der Waals surface area contributed by atoms with Crippen LogP contribution in [-0.2, 0) is 9.59 Å². The average molecular weight is 479 g/mol. The average Bonchev–Trinajstić information content (AvgIpc) is 3.54. The van der Waals surface area contributed by atoms with E-state index in [0.29, 0.717) is 0 Å². The van der Waals surface area contributed by atoms with E-state index in [4.69, 9.17) is 4.74 Å². The van der Waals surface area contributed by atoms with Gasteiger partial charge in [0.25, 0.3) is 5.69 Å². The number of carbonyl (C=O) groups excluding carboxylic acids is 2. The van der Waals surface area contributed by atoms with Gasteiger partial charge in [-0.05, 0) is 28.3 Å². The predicted molar refractivity (Wildman–Crippen MR) is 134 cm³/mol. The first-order valence-corrected chi connectivity index (χ1v) is 11.7. The number of hydrogen-bond donors (Lipinski definition) is 0. The number of anilines is 1. The van der Waals surface area contributed by atoms with E-state index >= 15 is 0 Å². The molecule has 3 aromatic rings. The number of nitro benzene ring substituents is 1. The lowest BCUT2D eigenvalue weighted by Gasteiger charge is -2.22. The van der Waals surface area contributed by atoms with Crippen molar-refractivity contribution in [2.24, 2.45) is 23.7 Å². The first-order valence-electron chi connectivity index (χ1n) is 11.7. The summed E-state index contributed by atoms with van der Waals surface area (Å²) in [6, 6.07) is 24.0. The molecule has 0 spiro atoms. The molecule has 0 aromatic heterocycles. The second kappa shape index (κ2) is 8.30. The van der Waals surface area contributed by atoms with Gasteiger partial charge in [0.1, 0.15) is 11.4 Å². The van der Waals surface area contributed by atoms with Crippen molar-refractivity contribution < 1.29 is 19.2 Å². The van der Waals surface area contributed by atoms with E-state index in [9.17, 15) is 19.7 Å². The molecular weight excluding hydrogens is 456 g/mol. The lowest BCUT2D eigenvalue weighted by Crippen LogP contribution is -2.33. The molecule has 178 valence electrons. The Morgan fingerprint density at radius 2 is 1.36 bits per heavy atom. The number of nitrogens with zero attached hydrogens (tertiary/aromatic N) is 2. The highest BCUT2D eigenvalue weighted by atomic mass is 16.6. The number of imide groups is 1. The molecule has 2 amide bonds. The van der Waals surface area contributed by atoms with Crippen LogP contribution in [-0.4, -0.2) is 23.8 Å². The van der Waals surface area contributed by atoms with Gasteiger partial charge in [-0.2, -0.15) is 0 Å². The van der Waals surface area contributed by atoms with E-state index in [1.54, 1.807) is 0 Å². The van der Waals surface area contributed by atoms with E-state index in [-0.39, 0.29) is 40.8 Å². The molecule has 1 saturated carbocycles. The largest absolute Gasteiger partial charge is 0.495 e. The Kier molecular flexibility index (Phi) is 5.07. The Hall–Kier alpha value is -4.52. The summed E-state index contributed by atoms with van der Waals surface area (Å²) in [5.41, 5.74) is 4.11. The third kappa shape index (κ3) is 3.12. The number of amides is 2. The zero-order valence-electron chi connectivity index (χ0n) is 19.4. The van der Waals surface area contributed by atoms with Gasteiger partial charge in [0.2, 0.25) is 11.8 Å². The fraction of sp³-hybridized carbons (Fsp3) is 0.172. The topological polar surface area (TPSA) is 89.8 Å². The smallest absolute Gasteiger partial charge is 0.271 e. The Morgan fingerprint density at radius 1 is 0.833 bits per heavy atom.